The lowest BCUT2D eigenvalue weighted by Gasteiger charge is -2.19. The molecule has 0 radical (unpaired) electrons. The van der Waals surface area contributed by atoms with Crippen molar-refractivity contribution in [3.8, 4) is 5.75 Å². The summed E-state index contributed by atoms with van der Waals surface area (Å²) in [5, 5.41) is 2.82. The minimum atomic E-state index is -0.475. The zero-order chi connectivity index (χ0) is 25.4. The Bertz CT molecular complexity index is 1160. The van der Waals surface area contributed by atoms with Crippen molar-refractivity contribution in [2.24, 2.45) is 0 Å². The van der Waals surface area contributed by atoms with Crippen LogP contribution >= 0.6 is 0 Å². The maximum Gasteiger partial charge on any atom is 0.269 e. The molecule has 0 bridgehead atoms. The minimum absolute atomic E-state index is 0.0126. The number of ether oxygens (including phenoxy) is 1. The van der Waals surface area contributed by atoms with Crippen LogP contribution in [0.15, 0.2) is 72.8 Å². The highest BCUT2D eigenvalue weighted by atomic mass is 16.5. The first kappa shape index (κ1) is 25.5. The molecular formula is C28H31N3O4. The van der Waals surface area contributed by atoms with Gasteiger partial charge in [-0.2, -0.15) is 0 Å². The summed E-state index contributed by atoms with van der Waals surface area (Å²) in [6.07, 6.45) is 0.896. The third kappa shape index (κ3) is 7.17. The molecule has 35 heavy (non-hydrogen) atoms. The number of hydrogen-bond donors (Lipinski definition) is 3. The summed E-state index contributed by atoms with van der Waals surface area (Å²) in [6.45, 7) is 8.97. The highest BCUT2D eigenvalue weighted by Crippen LogP contribution is 2.22. The molecule has 0 saturated carbocycles. The van der Waals surface area contributed by atoms with Gasteiger partial charge in [0.2, 0.25) is 0 Å². The molecule has 0 aliphatic heterocycles. The quantitative estimate of drug-likeness (QED) is 0.416. The number of carbonyl (C=O) groups is 3. The normalized spacial score (nSPS) is 10.9. The van der Waals surface area contributed by atoms with Gasteiger partial charge in [-0.3, -0.25) is 25.2 Å². The summed E-state index contributed by atoms with van der Waals surface area (Å²) in [6, 6.07) is 20.6. The summed E-state index contributed by atoms with van der Waals surface area (Å²) in [5.74, 6) is -0.471. The van der Waals surface area contributed by atoms with Crippen molar-refractivity contribution in [2.45, 2.75) is 39.5 Å². The van der Waals surface area contributed by atoms with Gasteiger partial charge >= 0.3 is 0 Å². The first-order valence-electron chi connectivity index (χ1n) is 11.5. The van der Waals surface area contributed by atoms with Crippen LogP contribution in [0.5, 0.6) is 5.75 Å². The van der Waals surface area contributed by atoms with Crippen LogP contribution in [0.4, 0.5) is 5.69 Å². The molecule has 0 saturated heterocycles. The van der Waals surface area contributed by atoms with E-state index >= 15 is 0 Å². The SMILES string of the molecule is CCCOc1ccc(C(=O)NNC(=O)c2ccc(NC(=O)c3ccc(C(C)(C)C)cc3)cc2)cc1. The van der Waals surface area contributed by atoms with Crippen molar-refractivity contribution in [1.29, 1.82) is 0 Å². The Morgan fingerprint density at radius 3 is 1.63 bits per heavy atom. The Kier molecular flexibility index (Phi) is 8.25. The Labute approximate surface area is 205 Å². The Hall–Kier alpha value is -4.13. The average molecular weight is 474 g/mol. The average Bonchev–Trinajstić information content (AvgIpc) is 2.86. The summed E-state index contributed by atoms with van der Waals surface area (Å²) in [7, 11) is 0. The van der Waals surface area contributed by atoms with Gasteiger partial charge in [-0.05, 0) is 78.1 Å². The molecule has 3 aromatic rings. The van der Waals surface area contributed by atoms with E-state index in [0.717, 1.165) is 12.0 Å². The van der Waals surface area contributed by atoms with Crippen molar-refractivity contribution >= 4 is 23.4 Å². The fourth-order valence-corrected chi connectivity index (χ4v) is 3.21. The molecular weight excluding hydrogens is 442 g/mol. The van der Waals surface area contributed by atoms with Crippen LogP contribution in [-0.4, -0.2) is 24.3 Å². The van der Waals surface area contributed by atoms with E-state index in [2.05, 4.69) is 36.9 Å². The van der Waals surface area contributed by atoms with Crippen LogP contribution in [0.2, 0.25) is 0 Å². The van der Waals surface area contributed by atoms with Crippen LogP contribution in [0, 0.1) is 0 Å². The first-order valence-corrected chi connectivity index (χ1v) is 11.5. The van der Waals surface area contributed by atoms with E-state index in [0.29, 0.717) is 34.7 Å². The molecule has 0 heterocycles. The lowest BCUT2D eigenvalue weighted by atomic mass is 9.87. The summed E-state index contributed by atoms with van der Waals surface area (Å²) >= 11 is 0. The second kappa shape index (κ2) is 11.3. The third-order valence-electron chi connectivity index (χ3n) is 5.30. The molecule has 0 spiro atoms. The van der Waals surface area contributed by atoms with Crippen LogP contribution in [0.3, 0.4) is 0 Å². The minimum Gasteiger partial charge on any atom is -0.494 e. The molecule has 3 N–H and O–H groups in total. The maximum absolute atomic E-state index is 12.5. The second-order valence-electron chi connectivity index (χ2n) is 9.14. The van der Waals surface area contributed by atoms with Gasteiger partial charge in [0.25, 0.3) is 17.7 Å². The predicted molar refractivity (Wildman–Crippen MR) is 137 cm³/mol. The number of nitrogens with one attached hydrogen (secondary N) is 3. The monoisotopic (exact) mass is 473 g/mol. The molecule has 7 nitrogen and oxygen atoms in total. The molecule has 3 amide bonds. The number of anilines is 1. The fraction of sp³-hybridized carbons (Fsp3) is 0.250. The van der Waals surface area contributed by atoms with E-state index in [9.17, 15) is 14.4 Å². The summed E-state index contributed by atoms with van der Waals surface area (Å²) in [4.78, 5) is 37.2. The molecule has 0 aliphatic carbocycles. The van der Waals surface area contributed by atoms with E-state index < -0.39 is 11.8 Å². The lowest BCUT2D eigenvalue weighted by molar-refractivity contribution is 0.0846. The molecule has 0 unspecified atom stereocenters. The van der Waals surface area contributed by atoms with Crippen molar-refractivity contribution in [3.05, 3.63) is 95.1 Å². The topological polar surface area (TPSA) is 96.5 Å². The molecule has 3 rings (SSSR count). The Balaban J connectivity index is 1.52. The predicted octanol–water partition coefficient (Wildman–Crippen LogP) is 5.10. The fourth-order valence-electron chi connectivity index (χ4n) is 3.21. The Morgan fingerprint density at radius 2 is 1.14 bits per heavy atom. The van der Waals surface area contributed by atoms with Gasteiger partial charge in [-0.15, -0.1) is 0 Å². The maximum atomic E-state index is 12.5. The highest BCUT2D eigenvalue weighted by molar-refractivity contribution is 6.04. The van der Waals surface area contributed by atoms with Gasteiger partial charge < -0.3 is 10.1 Å². The number of rotatable bonds is 7. The molecule has 0 aliphatic rings. The van der Waals surface area contributed by atoms with Crippen LogP contribution in [-0.2, 0) is 5.41 Å². The van der Waals surface area contributed by atoms with Crippen molar-refractivity contribution in [3.63, 3.8) is 0 Å². The molecule has 7 heteroatoms. The number of amides is 3. The van der Waals surface area contributed by atoms with Gasteiger partial charge in [0.1, 0.15) is 5.75 Å². The van der Waals surface area contributed by atoms with E-state index in [-0.39, 0.29) is 11.3 Å². The molecule has 0 atom stereocenters. The second-order valence-corrected chi connectivity index (χ2v) is 9.14. The van der Waals surface area contributed by atoms with Gasteiger partial charge in [-0.1, -0.05) is 39.8 Å². The molecule has 182 valence electrons. The van der Waals surface area contributed by atoms with Gasteiger partial charge in [-0.25, -0.2) is 0 Å². The van der Waals surface area contributed by atoms with E-state index in [1.165, 1.54) is 0 Å². The summed E-state index contributed by atoms with van der Waals surface area (Å²) in [5.41, 5.74) is 7.78. The Morgan fingerprint density at radius 1 is 0.686 bits per heavy atom. The highest BCUT2D eigenvalue weighted by Gasteiger charge is 2.15. The van der Waals surface area contributed by atoms with Crippen LogP contribution < -0.4 is 20.9 Å². The zero-order valence-electron chi connectivity index (χ0n) is 20.5. The van der Waals surface area contributed by atoms with Crippen LogP contribution in [0.25, 0.3) is 0 Å². The molecule has 3 aromatic carbocycles. The first-order chi connectivity index (χ1) is 16.7. The van der Waals surface area contributed by atoms with Crippen molar-refractivity contribution in [1.82, 2.24) is 10.9 Å². The van der Waals surface area contributed by atoms with E-state index in [1.807, 2.05) is 19.1 Å². The number of carbonyl (C=O) groups excluding carboxylic acids is 3. The van der Waals surface area contributed by atoms with Crippen molar-refractivity contribution in [2.75, 3.05) is 11.9 Å². The number of hydrogen-bond acceptors (Lipinski definition) is 4. The van der Waals surface area contributed by atoms with E-state index in [1.54, 1.807) is 60.7 Å². The summed E-state index contributed by atoms with van der Waals surface area (Å²) < 4.78 is 5.49. The third-order valence-corrected chi connectivity index (χ3v) is 5.30. The number of benzene rings is 3. The largest absolute Gasteiger partial charge is 0.494 e. The number of hydrazine groups is 1. The molecule has 0 fully saturated rings. The van der Waals surface area contributed by atoms with Gasteiger partial charge in [0.05, 0.1) is 6.61 Å². The zero-order valence-corrected chi connectivity index (χ0v) is 20.5. The van der Waals surface area contributed by atoms with Gasteiger partial charge in [0, 0.05) is 22.4 Å². The lowest BCUT2D eigenvalue weighted by Crippen LogP contribution is -2.41. The standard InChI is InChI=1S/C28H31N3O4/c1-5-18-35-24-16-10-21(11-17-24)27(34)31-30-26(33)20-8-14-23(15-9-20)29-25(32)19-6-12-22(13-7-19)28(2,3)4/h6-17H,5,18H2,1-4H3,(H,29,32)(H,30,33)(H,31,34). The molecule has 0 aromatic heterocycles. The van der Waals surface area contributed by atoms with E-state index in [4.69, 9.17) is 4.74 Å². The van der Waals surface area contributed by atoms with Crippen molar-refractivity contribution < 1.29 is 19.1 Å². The van der Waals surface area contributed by atoms with Crippen LogP contribution in [0.1, 0.15) is 70.8 Å². The van der Waals surface area contributed by atoms with Gasteiger partial charge in [0.15, 0.2) is 0 Å². The smallest absolute Gasteiger partial charge is 0.269 e.